The van der Waals surface area contributed by atoms with Gasteiger partial charge in [0, 0.05) is 10.0 Å². The summed E-state index contributed by atoms with van der Waals surface area (Å²) >= 11 is 18.9. The molecule has 0 heterocycles. The predicted octanol–water partition coefficient (Wildman–Crippen LogP) is 7.13. The van der Waals surface area contributed by atoms with Gasteiger partial charge in [0.2, 0.25) is 0 Å². The molecule has 112 valence electrons. The summed E-state index contributed by atoms with van der Waals surface area (Å²) < 4.78 is 0. The number of rotatable bonds is 2. The normalized spacial score (nSPS) is 25.5. The average Bonchev–Trinajstić information content (AvgIpc) is 2.37. The van der Waals surface area contributed by atoms with E-state index in [1.807, 2.05) is 12.1 Å². The Morgan fingerprint density at radius 1 is 1.05 bits per heavy atom. The van der Waals surface area contributed by atoms with Crippen LogP contribution in [0.25, 0.3) is 0 Å². The molecule has 1 unspecified atom stereocenters. The van der Waals surface area contributed by atoms with Crippen LogP contribution in [0.2, 0.25) is 10.0 Å². The van der Waals surface area contributed by atoms with Crippen LogP contribution in [-0.4, -0.2) is 0 Å². The Morgan fingerprint density at radius 2 is 1.65 bits per heavy atom. The second-order valence-corrected chi connectivity index (χ2v) is 8.36. The van der Waals surface area contributed by atoms with Gasteiger partial charge in [0.15, 0.2) is 0 Å². The Labute approximate surface area is 137 Å². The molecular weight excluding hydrogens is 311 g/mol. The van der Waals surface area contributed by atoms with Crippen LogP contribution in [0, 0.1) is 17.3 Å². The minimum absolute atomic E-state index is 0.000634. The highest BCUT2D eigenvalue weighted by molar-refractivity contribution is 6.35. The lowest BCUT2D eigenvalue weighted by Crippen LogP contribution is -2.27. The molecule has 1 aliphatic rings. The number of benzene rings is 1. The van der Waals surface area contributed by atoms with E-state index in [1.165, 1.54) is 25.7 Å². The molecule has 2 rings (SSSR count). The molecule has 1 aromatic rings. The van der Waals surface area contributed by atoms with Crippen LogP contribution in [-0.2, 0) is 0 Å². The highest BCUT2D eigenvalue weighted by Crippen LogP contribution is 2.46. The highest BCUT2D eigenvalue weighted by atomic mass is 35.5. The van der Waals surface area contributed by atoms with E-state index < -0.39 is 0 Å². The zero-order chi connectivity index (χ0) is 14.9. The van der Waals surface area contributed by atoms with E-state index in [0.717, 1.165) is 11.5 Å². The summed E-state index contributed by atoms with van der Waals surface area (Å²) in [6.07, 6.45) is 4.91. The zero-order valence-corrected chi connectivity index (χ0v) is 14.7. The van der Waals surface area contributed by atoms with Crippen molar-refractivity contribution < 1.29 is 0 Å². The van der Waals surface area contributed by atoms with Gasteiger partial charge in [-0.1, -0.05) is 50.0 Å². The Kier molecular flexibility index (Phi) is 5.32. The number of hydrogen-bond acceptors (Lipinski definition) is 0. The Hall–Kier alpha value is 0.0900. The Morgan fingerprint density at radius 3 is 2.15 bits per heavy atom. The summed E-state index contributed by atoms with van der Waals surface area (Å²) in [6.45, 7) is 7.02. The second kappa shape index (κ2) is 6.46. The molecule has 20 heavy (non-hydrogen) atoms. The monoisotopic (exact) mass is 332 g/mol. The molecule has 0 aromatic heterocycles. The largest absolute Gasteiger partial charge is 0.117 e. The van der Waals surface area contributed by atoms with E-state index in [2.05, 4.69) is 20.8 Å². The molecule has 1 fully saturated rings. The molecule has 0 spiro atoms. The predicted molar refractivity (Wildman–Crippen MR) is 90.0 cm³/mol. The van der Waals surface area contributed by atoms with Crippen molar-refractivity contribution in [3.8, 4) is 0 Å². The SMILES string of the molecule is CC(C)(C)C1CCC(C(Cl)c2ccc(Cl)cc2Cl)CC1. The summed E-state index contributed by atoms with van der Waals surface area (Å²) in [4.78, 5) is 0. The first kappa shape index (κ1) is 16.5. The molecular formula is C17H23Cl3. The van der Waals surface area contributed by atoms with Crippen molar-refractivity contribution in [2.24, 2.45) is 17.3 Å². The van der Waals surface area contributed by atoms with E-state index in [-0.39, 0.29) is 5.38 Å². The molecule has 0 aliphatic heterocycles. The van der Waals surface area contributed by atoms with Gasteiger partial charge in [-0.15, -0.1) is 11.6 Å². The molecule has 3 heteroatoms. The minimum Gasteiger partial charge on any atom is -0.117 e. The minimum atomic E-state index is 0.000634. The summed E-state index contributed by atoms with van der Waals surface area (Å²) in [5, 5.41) is 1.36. The number of hydrogen-bond donors (Lipinski definition) is 0. The van der Waals surface area contributed by atoms with E-state index in [4.69, 9.17) is 34.8 Å². The average molecular weight is 334 g/mol. The molecule has 0 amide bonds. The van der Waals surface area contributed by atoms with Crippen LogP contribution >= 0.6 is 34.8 Å². The van der Waals surface area contributed by atoms with Crippen molar-refractivity contribution in [2.45, 2.75) is 51.8 Å². The van der Waals surface area contributed by atoms with Crippen molar-refractivity contribution in [3.63, 3.8) is 0 Å². The van der Waals surface area contributed by atoms with Gasteiger partial charge in [-0.25, -0.2) is 0 Å². The third-order valence-electron chi connectivity index (χ3n) is 4.67. The fourth-order valence-electron chi connectivity index (χ4n) is 3.26. The van der Waals surface area contributed by atoms with Gasteiger partial charge in [0.1, 0.15) is 0 Å². The fraction of sp³-hybridized carbons (Fsp3) is 0.647. The van der Waals surface area contributed by atoms with Gasteiger partial charge < -0.3 is 0 Å². The van der Waals surface area contributed by atoms with Gasteiger partial charge in [-0.3, -0.25) is 0 Å². The van der Waals surface area contributed by atoms with Crippen molar-refractivity contribution in [1.29, 1.82) is 0 Å². The molecule has 1 aliphatic carbocycles. The third-order valence-corrected chi connectivity index (χ3v) is 5.82. The summed E-state index contributed by atoms with van der Waals surface area (Å²) in [6, 6.07) is 5.63. The second-order valence-electron chi connectivity index (χ2n) is 7.05. The highest BCUT2D eigenvalue weighted by Gasteiger charge is 2.33. The van der Waals surface area contributed by atoms with Crippen molar-refractivity contribution >= 4 is 34.8 Å². The lowest BCUT2D eigenvalue weighted by Gasteiger charge is -2.38. The van der Waals surface area contributed by atoms with Crippen molar-refractivity contribution in [3.05, 3.63) is 33.8 Å². The van der Waals surface area contributed by atoms with Gasteiger partial charge >= 0.3 is 0 Å². The Bertz CT molecular complexity index is 454. The Balaban J connectivity index is 2.03. The van der Waals surface area contributed by atoms with Crippen LogP contribution in [0.5, 0.6) is 0 Å². The number of halogens is 3. The quantitative estimate of drug-likeness (QED) is 0.505. The van der Waals surface area contributed by atoms with Crippen LogP contribution < -0.4 is 0 Å². The lowest BCUT2D eigenvalue weighted by atomic mass is 9.69. The molecule has 0 radical (unpaired) electrons. The van der Waals surface area contributed by atoms with Crippen molar-refractivity contribution in [1.82, 2.24) is 0 Å². The molecule has 1 aromatic carbocycles. The fourth-order valence-corrected chi connectivity index (χ4v) is 4.28. The zero-order valence-electron chi connectivity index (χ0n) is 12.4. The van der Waals surface area contributed by atoms with Gasteiger partial charge in [-0.2, -0.15) is 0 Å². The maximum Gasteiger partial charge on any atom is 0.0628 e. The maximum atomic E-state index is 6.68. The van der Waals surface area contributed by atoms with E-state index >= 15 is 0 Å². The third kappa shape index (κ3) is 3.84. The van der Waals surface area contributed by atoms with Crippen LogP contribution in [0.1, 0.15) is 57.4 Å². The molecule has 0 bridgehead atoms. The standard InChI is InChI=1S/C17H23Cl3/c1-17(2,3)12-6-4-11(5-7-12)16(20)14-9-8-13(18)10-15(14)19/h8-12,16H,4-7H2,1-3H3. The first-order valence-corrected chi connectivity index (χ1v) is 8.57. The lowest BCUT2D eigenvalue weighted by molar-refractivity contribution is 0.148. The van der Waals surface area contributed by atoms with E-state index in [0.29, 0.717) is 21.4 Å². The number of alkyl halides is 1. The van der Waals surface area contributed by atoms with Gasteiger partial charge in [0.05, 0.1) is 5.38 Å². The van der Waals surface area contributed by atoms with Gasteiger partial charge in [-0.05, 0) is 60.6 Å². The van der Waals surface area contributed by atoms with E-state index in [9.17, 15) is 0 Å². The molecule has 0 nitrogen and oxygen atoms in total. The molecule has 1 saturated carbocycles. The first-order chi connectivity index (χ1) is 9.29. The molecule has 1 atom stereocenters. The van der Waals surface area contributed by atoms with Gasteiger partial charge in [0.25, 0.3) is 0 Å². The van der Waals surface area contributed by atoms with Crippen molar-refractivity contribution in [2.75, 3.05) is 0 Å². The van der Waals surface area contributed by atoms with Crippen LogP contribution in [0.4, 0.5) is 0 Å². The van der Waals surface area contributed by atoms with Crippen LogP contribution in [0.15, 0.2) is 18.2 Å². The van der Waals surface area contributed by atoms with E-state index in [1.54, 1.807) is 6.07 Å². The van der Waals surface area contributed by atoms with Crippen LogP contribution in [0.3, 0.4) is 0 Å². The molecule has 0 N–H and O–H groups in total. The maximum absolute atomic E-state index is 6.68. The topological polar surface area (TPSA) is 0 Å². The molecule has 0 saturated heterocycles. The first-order valence-electron chi connectivity index (χ1n) is 7.38. The summed E-state index contributed by atoms with van der Waals surface area (Å²) in [5.74, 6) is 1.33. The smallest absolute Gasteiger partial charge is 0.0628 e. The summed E-state index contributed by atoms with van der Waals surface area (Å²) in [7, 11) is 0. The summed E-state index contributed by atoms with van der Waals surface area (Å²) in [5.41, 5.74) is 1.43.